The van der Waals surface area contributed by atoms with Gasteiger partial charge in [-0.3, -0.25) is 0 Å². The lowest BCUT2D eigenvalue weighted by atomic mass is 10.2. The summed E-state index contributed by atoms with van der Waals surface area (Å²) in [4.78, 5) is 0. The molecular weight excluding hydrogens is 321 g/mol. The number of benzene rings is 2. The van der Waals surface area contributed by atoms with Crippen LogP contribution in [0.25, 0.3) is 0 Å². The highest BCUT2D eigenvalue weighted by Gasteiger charge is 2.02. The number of hydrogen-bond donors (Lipinski definition) is 1. The minimum Gasteiger partial charge on any atom is -0.488 e. The van der Waals surface area contributed by atoms with Crippen molar-refractivity contribution in [2.75, 3.05) is 11.9 Å². The van der Waals surface area contributed by atoms with Crippen molar-refractivity contribution in [2.24, 2.45) is 0 Å². The maximum atomic E-state index is 12.8. The molecular formula is C16H15BrFNO. The first-order valence-electron chi connectivity index (χ1n) is 6.20. The Labute approximate surface area is 126 Å². The Morgan fingerprint density at radius 1 is 1.20 bits per heavy atom. The van der Waals surface area contributed by atoms with Crippen LogP contribution >= 0.6 is 15.9 Å². The van der Waals surface area contributed by atoms with Crippen LogP contribution in [0.5, 0.6) is 5.75 Å². The van der Waals surface area contributed by atoms with Crippen LogP contribution in [0, 0.1) is 5.82 Å². The number of halogens is 2. The Morgan fingerprint density at radius 2 is 1.95 bits per heavy atom. The molecule has 0 amide bonds. The van der Waals surface area contributed by atoms with Crippen molar-refractivity contribution < 1.29 is 9.13 Å². The molecule has 0 bridgehead atoms. The van der Waals surface area contributed by atoms with Crippen molar-refractivity contribution in [3.05, 3.63) is 71.0 Å². The Bertz CT molecular complexity index is 584. The van der Waals surface area contributed by atoms with Crippen molar-refractivity contribution in [2.45, 2.75) is 6.54 Å². The van der Waals surface area contributed by atoms with Gasteiger partial charge < -0.3 is 10.1 Å². The molecule has 0 heterocycles. The van der Waals surface area contributed by atoms with Crippen LogP contribution in [0.2, 0.25) is 0 Å². The maximum Gasteiger partial charge on any atom is 0.133 e. The summed E-state index contributed by atoms with van der Waals surface area (Å²) in [5.41, 5.74) is 1.99. The molecule has 2 aromatic carbocycles. The van der Waals surface area contributed by atoms with E-state index in [-0.39, 0.29) is 5.82 Å². The van der Waals surface area contributed by atoms with Crippen molar-refractivity contribution in [1.29, 1.82) is 0 Å². The molecule has 20 heavy (non-hydrogen) atoms. The van der Waals surface area contributed by atoms with Gasteiger partial charge in [0.05, 0.1) is 4.47 Å². The molecule has 0 aliphatic rings. The van der Waals surface area contributed by atoms with Crippen LogP contribution < -0.4 is 10.1 Å². The lowest BCUT2D eigenvalue weighted by Gasteiger charge is -2.10. The van der Waals surface area contributed by atoms with E-state index in [4.69, 9.17) is 4.74 Å². The third-order valence-corrected chi connectivity index (χ3v) is 3.31. The second kappa shape index (κ2) is 7.10. The van der Waals surface area contributed by atoms with E-state index in [0.717, 1.165) is 21.5 Å². The van der Waals surface area contributed by atoms with Crippen LogP contribution in [-0.2, 0) is 6.54 Å². The highest BCUT2D eigenvalue weighted by molar-refractivity contribution is 9.10. The molecule has 1 N–H and O–H groups in total. The fourth-order valence-electron chi connectivity index (χ4n) is 1.69. The number of nitrogens with one attached hydrogen (secondary N) is 1. The molecule has 4 heteroatoms. The molecule has 0 radical (unpaired) electrons. The molecule has 0 atom stereocenters. The Kier molecular flexibility index (Phi) is 5.18. The van der Waals surface area contributed by atoms with Crippen LogP contribution in [0.1, 0.15) is 5.56 Å². The van der Waals surface area contributed by atoms with Gasteiger partial charge in [0.25, 0.3) is 0 Å². The summed E-state index contributed by atoms with van der Waals surface area (Å²) in [5, 5.41) is 3.23. The predicted molar refractivity (Wildman–Crippen MR) is 83.6 cm³/mol. The summed E-state index contributed by atoms with van der Waals surface area (Å²) in [7, 11) is 0. The average molecular weight is 336 g/mol. The molecule has 2 rings (SSSR count). The number of rotatable bonds is 6. The fourth-order valence-corrected chi connectivity index (χ4v) is 2.23. The largest absolute Gasteiger partial charge is 0.488 e. The van der Waals surface area contributed by atoms with Gasteiger partial charge >= 0.3 is 0 Å². The molecule has 0 aliphatic heterocycles. The topological polar surface area (TPSA) is 21.3 Å². The second-order valence-electron chi connectivity index (χ2n) is 4.22. The summed E-state index contributed by atoms with van der Waals surface area (Å²) >= 11 is 3.48. The Morgan fingerprint density at radius 3 is 2.60 bits per heavy atom. The van der Waals surface area contributed by atoms with E-state index in [0.29, 0.717) is 13.2 Å². The molecule has 104 valence electrons. The van der Waals surface area contributed by atoms with Gasteiger partial charge in [-0.2, -0.15) is 0 Å². The van der Waals surface area contributed by atoms with E-state index in [2.05, 4.69) is 27.8 Å². The van der Waals surface area contributed by atoms with E-state index in [9.17, 15) is 4.39 Å². The first-order valence-corrected chi connectivity index (χ1v) is 7.00. The fraction of sp³-hybridized carbons (Fsp3) is 0.125. The molecule has 0 aliphatic carbocycles. The second-order valence-corrected chi connectivity index (χ2v) is 5.08. The lowest BCUT2D eigenvalue weighted by molar-refractivity contribution is 0.361. The molecule has 0 fully saturated rings. The zero-order chi connectivity index (χ0) is 14.4. The standard InChI is InChI=1S/C16H15BrFNO/c1-2-9-20-16-8-3-12(10-15(16)17)11-19-14-6-4-13(18)5-7-14/h2-8,10,19H,1,9,11H2. The Balaban J connectivity index is 1.97. The Hall–Kier alpha value is -1.81. The van der Waals surface area contributed by atoms with Crippen molar-refractivity contribution in [3.63, 3.8) is 0 Å². The van der Waals surface area contributed by atoms with Crippen LogP contribution in [0.4, 0.5) is 10.1 Å². The van der Waals surface area contributed by atoms with Gasteiger partial charge in [-0.25, -0.2) is 4.39 Å². The van der Waals surface area contributed by atoms with Gasteiger partial charge in [0.1, 0.15) is 18.2 Å². The zero-order valence-corrected chi connectivity index (χ0v) is 12.5. The molecule has 0 unspecified atom stereocenters. The van der Waals surface area contributed by atoms with Gasteiger partial charge in [-0.15, -0.1) is 0 Å². The van der Waals surface area contributed by atoms with Gasteiger partial charge in [0.15, 0.2) is 0 Å². The quantitative estimate of drug-likeness (QED) is 0.768. The summed E-state index contributed by atoms with van der Waals surface area (Å²) in [5.74, 6) is 0.553. The molecule has 0 saturated carbocycles. The molecule has 0 aromatic heterocycles. The molecule has 2 nitrogen and oxygen atoms in total. The van der Waals surface area contributed by atoms with Crippen LogP contribution in [0.3, 0.4) is 0 Å². The van der Waals surface area contributed by atoms with Crippen LogP contribution in [-0.4, -0.2) is 6.61 Å². The summed E-state index contributed by atoms with van der Waals surface area (Å²) < 4.78 is 19.2. The first kappa shape index (κ1) is 14.6. The van der Waals surface area contributed by atoms with Gasteiger partial charge in [0.2, 0.25) is 0 Å². The monoisotopic (exact) mass is 335 g/mol. The van der Waals surface area contributed by atoms with Gasteiger partial charge in [-0.05, 0) is 57.9 Å². The third-order valence-electron chi connectivity index (χ3n) is 2.69. The predicted octanol–water partition coefficient (Wildman–Crippen LogP) is 4.77. The molecule has 0 saturated heterocycles. The zero-order valence-electron chi connectivity index (χ0n) is 10.9. The minimum atomic E-state index is -0.234. The molecule has 2 aromatic rings. The highest BCUT2D eigenvalue weighted by Crippen LogP contribution is 2.26. The number of anilines is 1. The van der Waals surface area contributed by atoms with Crippen molar-refractivity contribution in [3.8, 4) is 5.75 Å². The SMILES string of the molecule is C=CCOc1ccc(CNc2ccc(F)cc2)cc1Br. The summed E-state index contributed by atoms with van der Waals surface area (Å²) in [6.07, 6.45) is 1.70. The molecule has 0 spiro atoms. The van der Waals surface area contributed by atoms with E-state index in [1.54, 1.807) is 18.2 Å². The first-order chi connectivity index (χ1) is 9.69. The summed E-state index contributed by atoms with van der Waals surface area (Å²) in [6.45, 7) is 4.75. The smallest absolute Gasteiger partial charge is 0.133 e. The lowest BCUT2D eigenvalue weighted by Crippen LogP contribution is -2.00. The summed E-state index contributed by atoms with van der Waals surface area (Å²) in [6, 6.07) is 12.2. The van der Waals surface area contributed by atoms with E-state index in [1.165, 1.54) is 12.1 Å². The minimum absolute atomic E-state index is 0.234. The van der Waals surface area contributed by atoms with E-state index >= 15 is 0 Å². The number of ether oxygens (including phenoxy) is 1. The third kappa shape index (κ3) is 4.10. The van der Waals surface area contributed by atoms with E-state index in [1.807, 2.05) is 18.2 Å². The maximum absolute atomic E-state index is 12.8. The van der Waals surface area contributed by atoms with Crippen LogP contribution in [0.15, 0.2) is 59.6 Å². The highest BCUT2D eigenvalue weighted by atomic mass is 79.9. The van der Waals surface area contributed by atoms with Crippen molar-refractivity contribution >= 4 is 21.6 Å². The number of hydrogen-bond acceptors (Lipinski definition) is 2. The normalized spacial score (nSPS) is 10.1. The van der Waals surface area contributed by atoms with Gasteiger partial charge in [-0.1, -0.05) is 18.7 Å². The van der Waals surface area contributed by atoms with Crippen molar-refractivity contribution in [1.82, 2.24) is 0 Å². The van der Waals surface area contributed by atoms with Gasteiger partial charge in [0, 0.05) is 12.2 Å². The average Bonchev–Trinajstić information content (AvgIpc) is 2.46. The van der Waals surface area contributed by atoms with E-state index < -0.39 is 0 Å².